The monoisotopic (exact) mass is 432 g/mol. The number of ether oxygens (including phenoxy) is 2. The lowest BCUT2D eigenvalue weighted by Gasteiger charge is -2.29. The maximum absolute atomic E-state index is 13.4. The first-order valence-electron chi connectivity index (χ1n) is 10.2. The number of nitrogens with one attached hydrogen (secondary N) is 1. The van der Waals surface area contributed by atoms with E-state index in [1.54, 1.807) is 20.8 Å². The highest BCUT2D eigenvalue weighted by Crippen LogP contribution is 2.23. The number of ketones is 1. The number of hydrogen-bond acceptors (Lipinski definition) is 5. The predicted molar refractivity (Wildman–Crippen MR) is 114 cm³/mol. The quantitative estimate of drug-likeness (QED) is 0.351. The number of aryl methyl sites for hydroxylation is 1. The zero-order valence-electron chi connectivity index (χ0n) is 18.6. The highest BCUT2D eigenvalue weighted by Gasteiger charge is 2.31. The minimum Gasteiger partial charge on any atom is -0.464 e. The Morgan fingerprint density at radius 1 is 1.16 bits per heavy atom. The van der Waals surface area contributed by atoms with Gasteiger partial charge in [-0.25, -0.2) is 9.18 Å². The fourth-order valence-electron chi connectivity index (χ4n) is 3.49. The zero-order valence-corrected chi connectivity index (χ0v) is 18.6. The van der Waals surface area contributed by atoms with Gasteiger partial charge >= 0.3 is 5.97 Å². The van der Waals surface area contributed by atoms with Gasteiger partial charge < -0.3 is 19.4 Å². The van der Waals surface area contributed by atoms with Gasteiger partial charge in [0.2, 0.25) is 0 Å². The molecule has 2 aromatic rings. The van der Waals surface area contributed by atoms with Crippen molar-refractivity contribution in [2.24, 2.45) is 0 Å². The van der Waals surface area contributed by atoms with Crippen LogP contribution in [0.15, 0.2) is 24.3 Å². The number of benzene rings is 1. The molecule has 1 amide bonds. The minimum absolute atomic E-state index is 0.211. The van der Waals surface area contributed by atoms with E-state index in [0.29, 0.717) is 36.5 Å². The lowest BCUT2D eigenvalue weighted by molar-refractivity contribution is 0.0588. The van der Waals surface area contributed by atoms with Gasteiger partial charge in [0.1, 0.15) is 11.5 Å². The van der Waals surface area contributed by atoms with Gasteiger partial charge in [0.05, 0.1) is 13.2 Å². The van der Waals surface area contributed by atoms with E-state index in [1.807, 2.05) is 6.92 Å². The topological polar surface area (TPSA) is 88.7 Å². The molecule has 0 bridgehead atoms. The van der Waals surface area contributed by atoms with Crippen LogP contribution in [0.3, 0.4) is 0 Å². The molecule has 7 nitrogen and oxygen atoms in total. The van der Waals surface area contributed by atoms with Crippen LogP contribution in [-0.2, 0) is 9.47 Å². The number of amides is 1. The molecule has 8 heteroatoms. The fraction of sp³-hybridized carbons (Fsp3) is 0.435. The van der Waals surface area contributed by atoms with Crippen molar-refractivity contribution >= 4 is 17.7 Å². The summed E-state index contributed by atoms with van der Waals surface area (Å²) in [5.41, 5.74) is 1.86. The van der Waals surface area contributed by atoms with Gasteiger partial charge in [0.25, 0.3) is 5.91 Å². The van der Waals surface area contributed by atoms with Crippen molar-refractivity contribution in [2.75, 3.05) is 26.9 Å². The van der Waals surface area contributed by atoms with Gasteiger partial charge in [-0.15, -0.1) is 0 Å². The SMILES string of the molecule is CCOCCCN(C(=O)c1ccc(F)cc1)[C@@H](C)C(=O)c1c(C)[nH]c(C(=O)OC)c1C. The van der Waals surface area contributed by atoms with Crippen LogP contribution in [-0.4, -0.2) is 60.5 Å². The number of halogens is 1. The van der Waals surface area contributed by atoms with Gasteiger partial charge in [-0.3, -0.25) is 9.59 Å². The second kappa shape index (κ2) is 10.9. The molecule has 1 aromatic carbocycles. The average molecular weight is 432 g/mol. The third-order valence-electron chi connectivity index (χ3n) is 5.16. The standard InChI is InChI=1S/C23H29FN2O5/c1-6-31-13-7-12-26(22(28)17-8-10-18(24)11-9-17)16(4)21(27)19-14(2)20(23(29)30-5)25-15(19)3/h8-11,16,25H,6-7,12-13H2,1-5H3/t16-/m0/s1. The lowest BCUT2D eigenvalue weighted by Crippen LogP contribution is -2.44. The Morgan fingerprint density at radius 2 is 1.81 bits per heavy atom. The first-order valence-corrected chi connectivity index (χ1v) is 10.2. The largest absolute Gasteiger partial charge is 0.464 e. The van der Waals surface area contributed by atoms with Crippen molar-refractivity contribution < 1.29 is 28.2 Å². The van der Waals surface area contributed by atoms with E-state index in [-0.39, 0.29) is 29.5 Å². The first kappa shape index (κ1) is 24.3. The molecule has 1 heterocycles. The van der Waals surface area contributed by atoms with Crippen molar-refractivity contribution in [3.05, 3.63) is 58.2 Å². The molecule has 0 unspecified atom stereocenters. The molecule has 1 atom stereocenters. The Kier molecular flexibility index (Phi) is 8.50. The summed E-state index contributed by atoms with van der Waals surface area (Å²) >= 11 is 0. The van der Waals surface area contributed by atoms with Crippen LogP contribution in [0.5, 0.6) is 0 Å². The van der Waals surface area contributed by atoms with E-state index in [4.69, 9.17) is 9.47 Å². The van der Waals surface area contributed by atoms with Crippen molar-refractivity contribution in [3.63, 3.8) is 0 Å². The molecular weight excluding hydrogens is 403 g/mol. The normalized spacial score (nSPS) is 11.8. The summed E-state index contributed by atoms with van der Waals surface area (Å²) in [4.78, 5) is 42.9. The molecule has 0 spiro atoms. The van der Waals surface area contributed by atoms with Gasteiger partial charge in [-0.1, -0.05) is 0 Å². The van der Waals surface area contributed by atoms with Crippen LogP contribution < -0.4 is 0 Å². The Bertz CT molecular complexity index is 936. The van der Waals surface area contributed by atoms with E-state index in [2.05, 4.69) is 4.98 Å². The van der Waals surface area contributed by atoms with E-state index in [1.165, 1.54) is 36.3 Å². The van der Waals surface area contributed by atoms with Crippen molar-refractivity contribution in [1.82, 2.24) is 9.88 Å². The van der Waals surface area contributed by atoms with Crippen LogP contribution in [0.25, 0.3) is 0 Å². The second-order valence-corrected chi connectivity index (χ2v) is 7.21. The smallest absolute Gasteiger partial charge is 0.354 e. The second-order valence-electron chi connectivity index (χ2n) is 7.21. The molecule has 0 saturated heterocycles. The fourth-order valence-corrected chi connectivity index (χ4v) is 3.49. The number of methoxy groups -OCH3 is 1. The molecule has 31 heavy (non-hydrogen) atoms. The summed E-state index contributed by atoms with van der Waals surface area (Å²) in [5.74, 6) is -1.69. The summed E-state index contributed by atoms with van der Waals surface area (Å²) in [6.07, 6.45) is 0.539. The van der Waals surface area contributed by atoms with Gasteiger partial charge in [0, 0.05) is 36.6 Å². The molecule has 1 N–H and O–H groups in total. The number of H-pyrrole nitrogens is 1. The molecule has 0 fully saturated rings. The minimum atomic E-state index is -0.808. The third kappa shape index (κ3) is 5.58. The van der Waals surface area contributed by atoms with Gasteiger partial charge in [0.15, 0.2) is 5.78 Å². The van der Waals surface area contributed by atoms with E-state index < -0.39 is 17.8 Å². The van der Waals surface area contributed by atoms with Crippen molar-refractivity contribution in [3.8, 4) is 0 Å². The van der Waals surface area contributed by atoms with Crippen molar-refractivity contribution in [2.45, 2.75) is 40.2 Å². The summed E-state index contributed by atoms with van der Waals surface area (Å²) in [5, 5.41) is 0. The number of aromatic nitrogens is 1. The number of esters is 1. The number of Topliss-reactive ketones (excluding diaryl/α,β-unsaturated/α-hetero) is 1. The lowest BCUT2D eigenvalue weighted by atomic mass is 9.99. The number of hydrogen-bond donors (Lipinski definition) is 1. The predicted octanol–water partition coefficient (Wildman–Crippen LogP) is 3.70. The summed E-state index contributed by atoms with van der Waals surface area (Å²) < 4.78 is 23.4. The van der Waals surface area contributed by atoms with Gasteiger partial charge in [-0.05, 0) is 63.9 Å². The van der Waals surface area contributed by atoms with E-state index in [9.17, 15) is 18.8 Å². The van der Waals surface area contributed by atoms with Crippen LogP contribution in [0.2, 0.25) is 0 Å². The number of carbonyl (C=O) groups is 3. The van der Waals surface area contributed by atoms with E-state index >= 15 is 0 Å². The Morgan fingerprint density at radius 3 is 2.39 bits per heavy atom. The molecule has 0 aliphatic heterocycles. The van der Waals surface area contributed by atoms with E-state index in [0.717, 1.165) is 0 Å². The Balaban J connectivity index is 2.35. The van der Waals surface area contributed by atoms with Gasteiger partial charge in [-0.2, -0.15) is 0 Å². The first-order chi connectivity index (χ1) is 14.7. The highest BCUT2D eigenvalue weighted by atomic mass is 19.1. The molecule has 168 valence electrons. The molecule has 0 radical (unpaired) electrons. The van der Waals surface area contributed by atoms with Crippen LogP contribution in [0, 0.1) is 19.7 Å². The summed E-state index contributed by atoms with van der Waals surface area (Å²) in [7, 11) is 1.27. The maximum atomic E-state index is 13.4. The maximum Gasteiger partial charge on any atom is 0.354 e. The Hall–Kier alpha value is -3.00. The number of nitrogens with zero attached hydrogens (tertiary/aromatic N) is 1. The summed E-state index contributed by atoms with van der Waals surface area (Å²) in [6, 6.07) is 4.40. The molecule has 0 aliphatic carbocycles. The number of rotatable bonds is 10. The molecule has 1 aromatic heterocycles. The van der Waals surface area contributed by atoms with Crippen molar-refractivity contribution in [1.29, 1.82) is 0 Å². The average Bonchev–Trinajstić information content (AvgIpc) is 3.06. The molecule has 2 rings (SSSR count). The third-order valence-corrected chi connectivity index (χ3v) is 5.16. The van der Waals surface area contributed by atoms with Crippen LogP contribution in [0.1, 0.15) is 62.7 Å². The number of carbonyl (C=O) groups excluding carboxylic acids is 3. The highest BCUT2D eigenvalue weighted by molar-refractivity contribution is 6.07. The molecule has 0 aliphatic rings. The molecule has 0 saturated carbocycles. The Labute approximate surface area is 181 Å². The van der Waals surface area contributed by atoms with Crippen LogP contribution >= 0.6 is 0 Å². The number of aromatic amines is 1. The summed E-state index contributed by atoms with van der Waals surface area (Å²) in [6.45, 7) is 8.17. The zero-order chi connectivity index (χ0) is 23.1. The molecular formula is C23H29FN2O5. The van der Waals surface area contributed by atoms with Crippen LogP contribution in [0.4, 0.5) is 4.39 Å².